The van der Waals surface area contributed by atoms with Crippen LogP contribution in [-0.2, 0) is 0 Å². The van der Waals surface area contributed by atoms with Gasteiger partial charge >= 0.3 is 0 Å². The number of aromatic nitrogens is 6. The first-order valence-electron chi connectivity index (χ1n) is 13.6. The monoisotopic (exact) mass is 619 g/mol. The van der Waals surface area contributed by atoms with E-state index in [2.05, 4.69) is 20.3 Å². The minimum Gasteiger partial charge on any atom is -0.488 e. The van der Waals surface area contributed by atoms with Crippen molar-refractivity contribution in [2.45, 2.75) is 32.9 Å². The molecule has 1 N–H and O–H groups in total. The van der Waals surface area contributed by atoms with Gasteiger partial charge in [0.15, 0.2) is 22.9 Å². The van der Waals surface area contributed by atoms with Gasteiger partial charge in [-0.1, -0.05) is 23.7 Å². The van der Waals surface area contributed by atoms with Crippen molar-refractivity contribution < 1.29 is 17.9 Å². The Bertz CT molecular complexity index is 2130. The Kier molecular flexibility index (Phi) is 7.46. The van der Waals surface area contributed by atoms with Crippen molar-refractivity contribution in [3.05, 3.63) is 99.6 Å². The predicted octanol–water partition coefficient (Wildman–Crippen LogP) is 6.68. The van der Waals surface area contributed by atoms with Gasteiger partial charge in [0.05, 0.1) is 33.8 Å². The number of hydrogen-bond donors (Lipinski definition) is 1. The molecule has 0 amide bonds. The first kappa shape index (κ1) is 29.1. The number of hydrogen-bond acceptors (Lipinski definition) is 7. The average molecular weight is 620 g/mol. The van der Waals surface area contributed by atoms with Crippen molar-refractivity contribution in [2.75, 3.05) is 12.4 Å². The van der Waals surface area contributed by atoms with E-state index in [4.69, 9.17) is 21.4 Å². The third kappa shape index (κ3) is 5.00. The predicted molar refractivity (Wildman–Crippen MR) is 162 cm³/mol. The minimum atomic E-state index is -0.809. The molecule has 0 spiro atoms. The van der Waals surface area contributed by atoms with E-state index in [0.717, 1.165) is 16.7 Å². The highest BCUT2D eigenvalue weighted by molar-refractivity contribution is 6.33. The van der Waals surface area contributed by atoms with Crippen LogP contribution in [0.25, 0.3) is 39.1 Å². The molecule has 0 radical (unpaired) electrons. The van der Waals surface area contributed by atoms with Crippen LogP contribution in [-0.4, -0.2) is 42.3 Å². The van der Waals surface area contributed by atoms with Crippen LogP contribution in [0.2, 0.25) is 5.02 Å². The molecule has 2 aromatic carbocycles. The van der Waals surface area contributed by atoms with Gasteiger partial charge in [0.1, 0.15) is 29.5 Å². The summed E-state index contributed by atoms with van der Waals surface area (Å²) in [5.74, 6) is -1.36. The Hall–Kier alpha value is -4.97. The molecule has 6 aromatic rings. The average Bonchev–Trinajstić information content (AvgIpc) is 3.38. The molecule has 1 unspecified atom stereocenters. The van der Waals surface area contributed by atoms with Crippen molar-refractivity contribution in [1.29, 1.82) is 0 Å². The SMILES string of the molecule is CNc1ncnc2c1c(-c1ccc(OC(C)C)c(F)c1)nn2C(C)c1nc2c(Cl)cc(F)cn2c(=O)c1-c1cccc(F)c1. The summed E-state index contributed by atoms with van der Waals surface area (Å²) in [7, 11) is 1.68. The molecule has 0 aliphatic rings. The molecule has 0 aliphatic heterocycles. The smallest absolute Gasteiger partial charge is 0.266 e. The Morgan fingerprint density at radius 3 is 2.45 bits per heavy atom. The van der Waals surface area contributed by atoms with Gasteiger partial charge in [-0.25, -0.2) is 32.8 Å². The van der Waals surface area contributed by atoms with E-state index in [-0.39, 0.29) is 39.3 Å². The van der Waals surface area contributed by atoms with Crippen molar-refractivity contribution in [3.8, 4) is 28.1 Å². The number of halogens is 4. The molecule has 4 aromatic heterocycles. The largest absolute Gasteiger partial charge is 0.488 e. The summed E-state index contributed by atoms with van der Waals surface area (Å²) >= 11 is 6.34. The fraction of sp³-hybridized carbons (Fsp3) is 0.194. The molecule has 0 bridgehead atoms. The van der Waals surface area contributed by atoms with Crippen LogP contribution in [0.5, 0.6) is 5.75 Å². The number of rotatable bonds is 7. The molecule has 0 aliphatic carbocycles. The van der Waals surface area contributed by atoms with E-state index < -0.39 is 29.1 Å². The molecule has 224 valence electrons. The van der Waals surface area contributed by atoms with Crippen molar-refractivity contribution in [2.24, 2.45) is 0 Å². The molecule has 1 atom stereocenters. The summed E-state index contributed by atoms with van der Waals surface area (Å²) in [6, 6.07) is 10.2. The van der Waals surface area contributed by atoms with E-state index in [0.29, 0.717) is 28.1 Å². The van der Waals surface area contributed by atoms with Gasteiger partial charge in [0, 0.05) is 18.8 Å². The van der Waals surface area contributed by atoms with Gasteiger partial charge in [-0.2, -0.15) is 5.10 Å². The maximum atomic E-state index is 15.1. The third-order valence-corrected chi connectivity index (χ3v) is 7.32. The lowest BCUT2D eigenvalue weighted by Gasteiger charge is -2.18. The normalized spacial score (nSPS) is 12.3. The van der Waals surface area contributed by atoms with Crippen LogP contribution in [0, 0.1) is 17.5 Å². The van der Waals surface area contributed by atoms with Crippen molar-refractivity contribution in [1.82, 2.24) is 29.1 Å². The number of nitrogens with zero attached hydrogens (tertiary/aromatic N) is 6. The number of nitrogens with one attached hydrogen (secondary N) is 1. The van der Waals surface area contributed by atoms with E-state index in [1.165, 1.54) is 41.3 Å². The van der Waals surface area contributed by atoms with Crippen LogP contribution in [0.3, 0.4) is 0 Å². The molecule has 9 nitrogen and oxygen atoms in total. The lowest BCUT2D eigenvalue weighted by molar-refractivity contribution is 0.231. The Morgan fingerprint density at radius 1 is 0.955 bits per heavy atom. The molecule has 0 saturated carbocycles. The van der Waals surface area contributed by atoms with E-state index in [1.54, 1.807) is 40.0 Å². The highest BCUT2D eigenvalue weighted by atomic mass is 35.5. The molecular formula is C31H25ClF3N7O2. The molecular weight excluding hydrogens is 595 g/mol. The number of ether oxygens (including phenoxy) is 1. The molecule has 44 heavy (non-hydrogen) atoms. The summed E-state index contributed by atoms with van der Waals surface area (Å²) in [5, 5.41) is 8.25. The van der Waals surface area contributed by atoms with Crippen molar-refractivity contribution in [3.63, 3.8) is 0 Å². The molecule has 6 rings (SSSR count). The summed E-state index contributed by atoms with van der Waals surface area (Å²) < 4.78 is 51.9. The minimum absolute atomic E-state index is 0.00473. The zero-order valence-electron chi connectivity index (χ0n) is 23.9. The number of benzene rings is 2. The van der Waals surface area contributed by atoms with Gasteiger partial charge in [-0.05, 0) is 62.7 Å². The van der Waals surface area contributed by atoms with Gasteiger partial charge in [-0.15, -0.1) is 0 Å². The Balaban J connectivity index is 1.62. The summed E-state index contributed by atoms with van der Waals surface area (Å²) in [5.41, 5.74) is 0.912. The molecule has 0 saturated heterocycles. The Labute approximate surface area is 253 Å². The second-order valence-electron chi connectivity index (χ2n) is 10.3. The quantitative estimate of drug-likeness (QED) is 0.213. The maximum Gasteiger partial charge on any atom is 0.266 e. The first-order chi connectivity index (χ1) is 21.1. The first-order valence-corrected chi connectivity index (χ1v) is 14.0. The topological polar surface area (TPSA) is 99.2 Å². The number of anilines is 1. The lowest BCUT2D eigenvalue weighted by atomic mass is 10.0. The zero-order chi connectivity index (χ0) is 31.3. The number of fused-ring (bicyclic) bond motifs is 2. The van der Waals surface area contributed by atoms with Gasteiger partial charge in [0.25, 0.3) is 5.56 Å². The second kappa shape index (κ2) is 11.3. The summed E-state index contributed by atoms with van der Waals surface area (Å²) in [6.45, 7) is 5.33. The van der Waals surface area contributed by atoms with Gasteiger partial charge in [0.2, 0.25) is 0 Å². The van der Waals surface area contributed by atoms with Crippen LogP contribution >= 0.6 is 11.6 Å². The van der Waals surface area contributed by atoms with Crippen molar-refractivity contribution >= 4 is 34.1 Å². The summed E-state index contributed by atoms with van der Waals surface area (Å²) in [6.07, 6.45) is 2.10. The van der Waals surface area contributed by atoms with Crippen LogP contribution in [0.1, 0.15) is 32.5 Å². The van der Waals surface area contributed by atoms with Crippen LogP contribution < -0.4 is 15.6 Å². The van der Waals surface area contributed by atoms with Gasteiger partial charge in [-0.3, -0.25) is 9.20 Å². The zero-order valence-corrected chi connectivity index (χ0v) is 24.7. The highest BCUT2D eigenvalue weighted by Crippen LogP contribution is 2.37. The lowest BCUT2D eigenvalue weighted by Crippen LogP contribution is -2.24. The molecule has 4 heterocycles. The third-order valence-electron chi connectivity index (χ3n) is 7.04. The highest BCUT2D eigenvalue weighted by Gasteiger charge is 2.27. The van der Waals surface area contributed by atoms with Crippen LogP contribution in [0.4, 0.5) is 19.0 Å². The molecule has 13 heteroatoms. The van der Waals surface area contributed by atoms with Crippen LogP contribution in [0.15, 0.2) is 65.8 Å². The molecule has 0 fully saturated rings. The fourth-order valence-corrected chi connectivity index (χ4v) is 5.39. The second-order valence-corrected chi connectivity index (χ2v) is 10.7. The maximum absolute atomic E-state index is 15.1. The van der Waals surface area contributed by atoms with E-state index >= 15 is 4.39 Å². The standard InChI is InChI=1S/C31H25ClF3N7O2/c1-15(2)44-23-9-8-18(11-22(23)35)27-25-28(36-4)37-14-38-30(25)42(40-27)16(3)26-24(17-6-5-7-19(33)10-17)31(43)41-13-20(34)12-21(32)29(41)39-26/h5-16H,1-4H3,(H,36,37,38). The van der Waals surface area contributed by atoms with E-state index in [1.807, 2.05) is 0 Å². The summed E-state index contributed by atoms with van der Waals surface area (Å²) in [4.78, 5) is 27.4. The number of pyridine rings is 1. The van der Waals surface area contributed by atoms with Gasteiger partial charge < -0.3 is 10.1 Å². The fourth-order valence-electron chi connectivity index (χ4n) is 5.15. The Morgan fingerprint density at radius 2 is 1.75 bits per heavy atom. The van der Waals surface area contributed by atoms with E-state index in [9.17, 15) is 13.6 Å².